The van der Waals surface area contributed by atoms with E-state index < -0.39 is 5.66 Å². The fourth-order valence-corrected chi connectivity index (χ4v) is 3.85. The van der Waals surface area contributed by atoms with E-state index in [9.17, 15) is 0 Å². The highest BCUT2D eigenvalue weighted by Gasteiger charge is 2.33. The zero-order valence-corrected chi connectivity index (χ0v) is 17.0. The van der Waals surface area contributed by atoms with Crippen LogP contribution in [0.5, 0.6) is 0 Å². The minimum atomic E-state index is -0.614. The molecule has 5 nitrogen and oxygen atoms in total. The highest BCUT2D eigenvalue weighted by Crippen LogP contribution is 2.36. The fraction of sp³-hybridized carbons (Fsp3) is 0.120. The molecule has 0 aliphatic carbocycles. The molecule has 148 valence electrons. The van der Waals surface area contributed by atoms with E-state index in [0.717, 1.165) is 22.8 Å². The standard InChI is InChI=1S/C25H23N5/c1-18-7-6-10-22(15-18)30-24-23(16-28-30)25(2,27-17-26-24)29-21-13-11-20(12-14-21)19-8-4-3-5-9-19/h3-17,29H,1-2H3,(H,26,27)/t25-/m0/s1. The third-order valence-corrected chi connectivity index (χ3v) is 5.44. The summed E-state index contributed by atoms with van der Waals surface area (Å²) in [5, 5.41) is 11.5. The third-order valence-electron chi connectivity index (χ3n) is 5.44. The van der Waals surface area contributed by atoms with Gasteiger partial charge >= 0.3 is 0 Å². The Balaban J connectivity index is 1.45. The molecule has 4 aromatic rings. The summed E-state index contributed by atoms with van der Waals surface area (Å²) in [7, 11) is 0. The number of nitrogens with zero attached hydrogens (tertiary/aromatic N) is 3. The molecular weight excluding hydrogens is 370 g/mol. The van der Waals surface area contributed by atoms with Crippen LogP contribution in [-0.2, 0) is 5.66 Å². The first-order chi connectivity index (χ1) is 14.6. The number of aliphatic imine (C=N–C) groups is 1. The van der Waals surface area contributed by atoms with Crippen molar-refractivity contribution in [1.82, 2.24) is 9.78 Å². The first-order valence-electron chi connectivity index (χ1n) is 10.0. The molecule has 1 aliphatic heterocycles. The van der Waals surface area contributed by atoms with Crippen LogP contribution < -0.4 is 10.6 Å². The Labute approximate surface area is 176 Å². The monoisotopic (exact) mass is 393 g/mol. The van der Waals surface area contributed by atoms with Crippen molar-refractivity contribution in [3.8, 4) is 16.8 Å². The van der Waals surface area contributed by atoms with E-state index >= 15 is 0 Å². The van der Waals surface area contributed by atoms with E-state index in [0.29, 0.717) is 0 Å². The van der Waals surface area contributed by atoms with Crippen molar-refractivity contribution in [3.05, 3.63) is 96.2 Å². The van der Waals surface area contributed by atoms with Crippen LogP contribution in [0.2, 0.25) is 0 Å². The van der Waals surface area contributed by atoms with E-state index in [1.54, 1.807) is 6.34 Å². The van der Waals surface area contributed by atoms with Crippen LogP contribution >= 0.6 is 0 Å². The number of aromatic nitrogens is 2. The number of hydrogen-bond acceptors (Lipinski definition) is 4. The molecule has 0 radical (unpaired) electrons. The van der Waals surface area contributed by atoms with Crippen LogP contribution in [0.15, 0.2) is 90.1 Å². The molecule has 1 aliphatic rings. The zero-order chi connectivity index (χ0) is 20.6. The number of aryl methyl sites for hydroxylation is 1. The predicted octanol–water partition coefficient (Wildman–Crippen LogP) is 5.59. The second-order valence-electron chi connectivity index (χ2n) is 7.70. The average molecular weight is 393 g/mol. The highest BCUT2D eigenvalue weighted by molar-refractivity contribution is 5.81. The lowest BCUT2D eigenvalue weighted by Crippen LogP contribution is -2.33. The van der Waals surface area contributed by atoms with E-state index in [-0.39, 0.29) is 0 Å². The average Bonchev–Trinajstić information content (AvgIpc) is 3.21. The molecule has 0 saturated heterocycles. The highest BCUT2D eigenvalue weighted by atomic mass is 15.4. The van der Waals surface area contributed by atoms with Crippen LogP contribution in [0.4, 0.5) is 11.5 Å². The van der Waals surface area contributed by atoms with Crippen LogP contribution in [-0.4, -0.2) is 16.1 Å². The normalized spacial score (nSPS) is 17.3. The summed E-state index contributed by atoms with van der Waals surface area (Å²) in [5.41, 5.74) is 6.00. The van der Waals surface area contributed by atoms with Gasteiger partial charge in [-0.2, -0.15) is 5.10 Å². The van der Waals surface area contributed by atoms with E-state index in [1.807, 2.05) is 23.0 Å². The number of benzene rings is 3. The second-order valence-corrected chi connectivity index (χ2v) is 7.70. The van der Waals surface area contributed by atoms with Crippen molar-refractivity contribution < 1.29 is 0 Å². The molecule has 2 N–H and O–H groups in total. The van der Waals surface area contributed by atoms with Gasteiger partial charge in [0.25, 0.3) is 0 Å². The summed E-state index contributed by atoms with van der Waals surface area (Å²) < 4.78 is 1.92. The van der Waals surface area contributed by atoms with Crippen molar-refractivity contribution in [2.75, 3.05) is 10.6 Å². The Morgan fingerprint density at radius 3 is 2.43 bits per heavy atom. The predicted molar refractivity (Wildman–Crippen MR) is 123 cm³/mol. The maximum absolute atomic E-state index is 4.70. The molecule has 3 aromatic carbocycles. The summed E-state index contributed by atoms with van der Waals surface area (Å²) in [6.45, 7) is 4.15. The lowest BCUT2D eigenvalue weighted by atomic mass is 10.0. The van der Waals surface area contributed by atoms with Gasteiger partial charge in [-0.25, -0.2) is 9.67 Å². The molecule has 0 saturated carbocycles. The molecule has 2 heterocycles. The van der Waals surface area contributed by atoms with E-state index in [1.165, 1.54) is 16.7 Å². The van der Waals surface area contributed by atoms with Gasteiger partial charge in [0.15, 0.2) is 5.66 Å². The van der Waals surface area contributed by atoms with E-state index in [2.05, 4.69) is 96.3 Å². The molecule has 1 atom stereocenters. The molecule has 0 bridgehead atoms. The van der Waals surface area contributed by atoms with Gasteiger partial charge in [0.1, 0.15) is 5.82 Å². The Hall–Kier alpha value is -3.86. The molecule has 0 spiro atoms. The molecule has 0 fully saturated rings. The Bertz CT molecular complexity index is 1210. The topological polar surface area (TPSA) is 54.2 Å². The molecule has 30 heavy (non-hydrogen) atoms. The summed E-state index contributed by atoms with van der Waals surface area (Å²) in [6.07, 6.45) is 3.62. The first kappa shape index (κ1) is 18.2. The fourth-order valence-electron chi connectivity index (χ4n) is 3.85. The largest absolute Gasteiger partial charge is 0.358 e. The SMILES string of the molecule is Cc1cccc(-n2ncc3c2NC=N[C@@]3(C)Nc2ccc(-c3ccccc3)cc2)c1. The zero-order valence-electron chi connectivity index (χ0n) is 17.0. The number of nitrogens with one attached hydrogen (secondary N) is 2. The smallest absolute Gasteiger partial charge is 0.159 e. The van der Waals surface area contributed by atoms with Gasteiger partial charge in [0.2, 0.25) is 0 Å². The number of rotatable bonds is 4. The van der Waals surface area contributed by atoms with Gasteiger partial charge in [0.05, 0.1) is 23.8 Å². The number of hydrogen-bond donors (Lipinski definition) is 2. The lowest BCUT2D eigenvalue weighted by Gasteiger charge is -2.31. The Kier molecular flexibility index (Phi) is 4.36. The third kappa shape index (κ3) is 3.24. The summed E-state index contributed by atoms with van der Waals surface area (Å²) >= 11 is 0. The molecule has 1 aromatic heterocycles. The Morgan fingerprint density at radius 2 is 1.67 bits per heavy atom. The van der Waals surface area contributed by atoms with Crippen molar-refractivity contribution in [2.24, 2.45) is 4.99 Å². The number of anilines is 2. The van der Waals surface area contributed by atoms with Gasteiger partial charge < -0.3 is 10.6 Å². The van der Waals surface area contributed by atoms with Crippen LogP contribution in [0.1, 0.15) is 18.1 Å². The van der Waals surface area contributed by atoms with Gasteiger partial charge in [-0.3, -0.25) is 0 Å². The summed E-state index contributed by atoms with van der Waals surface area (Å²) in [5.74, 6) is 0.923. The van der Waals surface area contributed by atoms with Crippen LogP contribution in [0.3, 0.4) is 0 Å². The minimum Gasteiger partial charge on any atom is -0.358 e. The summed E-state index contributed by atoms with van der Waals surface area (Å²) in [6, 6.07) is 27.1. The molecule has 0 amide bonds. The van der Waals surface area contributed by atoms with Crippen molar-refractivity contribution in [3.63, 3.8) is 0 Å². The molecule has 5 rings (SSSR count). The quantitative estimate of drug-likeness (QED) is 0.475. The Morgan fingerprint density at radius 1 is 0.900 bits per heavy atom. The molecular formula is C25H23N5. The van der Waals surface area contributed by atoms with E-state index in [4.69, 9.17) is 4.99 Å². The van der Waals surface area contributed by atoms with Gasteiger partial charge in [0, 0.05) is 5.69 Å². The molecule has 0 unspecified atom stereocenters. The minimum absolute atomic E-state index is 0.614. The van der Waals surface area contributed by atoms with Gasteiger partial charge in [-0.15, -0.1) is 0 Å². The van der Waals surface area contributed by atoms with Crippen LogP contribution in [0, 0.1) is 6.92 Å². The van der Waals surface area contributed by atoms with Crippen molar-refractivity contribution in [1.29, 1.82) is 0 Å². The maximum atomic E-state index is 4.70. The lowest BCUT2D eigenvalue weighted by molar-refractivity contribution is 0.577. The molecule has 5 heteroatoms. The van der Waals surface area contributed by atoms with Gasteiger partial charge in [-0.05, 0) is 54.8 Å². The second kappa shape index (κ2) is 7.19. The summed E-state index contributed by atoms with van der Waals surface area (Å²) in [4.78, 5) is 4.70. The first-order valence-corrected chi connectivity index (χ1v) is 10.0. The van der Waals surface area contributed by atoms with Crippen LogP contribution in [0.25, 0.3) is 16.8 Å². The van der Waals surface area contributed by atoms with Crippen molar-refractivity contribution >= 4 is 17.8 Å². The van der Waals surface area contributed by atoms with Gasteiger partial charge in [-0.1, -0.05) is 54.6 Å². The maximum Gasteiger partial charge on any atom is 0.159 e. The van der Waals surface area contributed by atoms with Crippen molar-refractivity contribution in [2.45, 2.75) is 19.5 Å². The number of fused-ring (bicyclic) bond motifs is 1.